The summed E-state index contributed by atoms with van der Waals surface area (Å²) in [7, 11) is 3.34. The summed E-state index contributed by atoms with van der Waals surface area (Å²) in [6.07, 6.45) is 0.896. The van der Waals surface area contributed by atoms with Crippen LogP contribution in [0.25, 0.3) is 0 Å². The lowest BCUT2D eigenvalue weighted by molar-refractivity contribution is 0.394. The number of methoxy groups -OCH3 is 2. The van der Waals surface area contributed by atoms with Crippen molar-refractivity contribution in [3.05, 3.63) is 48.0 Å². The number of benzene rings is 2. The van der Waals surface area contributed by atoms with Gasteiger partial charge in [0.25, 0.3) is 0 Å². The van der Waals surface area contributed by atoms with Crippen LogP contribution in [0.15, 0.2) is 52.3 Å². The SMILES string of the molecule is COc1ccc(OC)c(Sc2ccc(CC(C)N)cc2)c1. The molecule has 0 radical (unpaired) electrons. The Kier molecular flexibility index (Phi) is 5.53. The van der Waals surface area contributed by atoms with E-state index in [1.54, 1.807) is 26.0 Å². The maximum Gasteiger partial charge on any atom is 0.133 e. The molecule has 4 heteroatoms. The molecule has 0 aromatic heterocycles. The Morgan fingerprint density at radius 3 is 2.33 bits per heavy atom. The van der Waals surface area contributed by atoms with Gasteiger partial charge in [-0.3, -0.25) is 0 Å². The van der Waals surface area contributed by atoms with E-state index in [4.69, 9.17) is 15.2 Å². The monoisotopic (exact) mass is 303 g/mol. The molecule has 0 amide bonds. The zero-order valence-corrected chi connectivity index (χ0v) is 13.4. The van der Waals surface area contributed by atoms with Crippen LogP contribution < -0.4 is 15.2 Å². The number of hydrogen-bond donors (Lipinski definition) is 1. The molecule has 2 aromatic rings. The predicted octanol–water partition coefficient (Wildman–Crippen LogP) is 3.74. The summed E-state index contributed by atoms with van der Waals surface area (Å²) >= 11 is 1.66. The molecule has 0 bridgehead atoms. The fraction of sp³-hybridized carbons (Fsp3) is 0.294. The molecule has 0 heterocycles. The number of nitrogens with two attached hydrogens (primary N) is 1. The first-order chi connectivity index (χ1) is 10.1. The molecule has 0 saturated heterocycles. The molecular weight excluding hydrogens is 282 g/mol. The second-order valence-corrected chi connectivity index (χ2v) is 6.06. The maximum absolute atomic E-state index is 5.82. The summed E-state index contributed by atoms with van der Waals surface area (Å²) in [5.74, 6) is 1.67. The number of ether oxygens (including phenoxy) is 2. The van der Waals surface area contributed by atoms with Crippen molar-refractivity contribution >= 4 is 11.8 Å². The third-order valence-corrected chi connectivity index (χ3v) is 4.13. The van der Waals surface area contributed by atoms with Crippen LogP contribution in [0.5, 0.6) is 11.5 Å². The van der Waals surface area contributed by atoms with E-state index in [9.17, 15) is 0 Å². The van der Waals surface area contributed by atoms with Gasteiger partial charge in [0.15, 0.2) is 0 Å². The summed E-state index contributed by atoms with van der Waals surface area (Å²) in [6, 6.07) is 14.5. The first-order valence-electron chi connectivity index (χ1n) is 6.86. The third-order valence-electron chi connectivity index (χ3n) is 3.08. The van der Waals surface area contributed by atoms with Crippen LogP contribution in [0.2, 0.25) is 0 Å². The van der Waals surface area contributed by atoms with Gasteiger partial charge in [0, 0.05) is 10.9 Å². The summed E-state index contributed by atoms with van der Waals surface area (Å²) in [5, 5.41) is 0. The molecule has 0 spiro atoms. The molecule has 21 heavy (non-hydrogen) atoms. The topological polar surface area (TPSA) is 44.5 Å². The standard InChI is InChI=1S/C17H21NO2S/c1-12(18)10-13-4-7-15(8-5-13)21-17-11-14(19-2)6-9-16(17)20-3/h4-9,11-12H,10,18H2,1-3H3. The minimum atomic E-state index is 0.182. The van der Waals surface area contributed by atoms with Gasteiger partial charge in [0.2, 0.25) is 0 Å². The fourth-order valence-electron chi connectivity index (χ4n) is 2.06. The number of hydrogen-bond acceptors (Lipinski definition) is 4. The van der Waals surface area contributed by atoms with Gasteiger partial charge in [-0.05, 0) is 49.2 Å². The highest BCUT2D eigenvalue weighted by molar-refractivity contribution is 7.99. The van der Waals surface area contributed by atoms with Crippen molar-refractivity contribution in [3.8, 4) is 11.5 Å². The molecule has 0 aliphatic carbocycles. The van der Waals surface area contributed by atoms with E-state index in [2.05, 4.69) is 24.3 Å². The van der Waals surface area contributed by atoms with E-state index < -0.39 is 0 Å². The van der Waals surface area contributed by atoms with Crippen molar-refractivity contribution in [3.63, 3.8) is 0 Å². The predicted molar refractivity (Wildman–Crippen MR) is 87.5 cm³/mol. The van der Waals surface area contributed by atoms with E-state index >= 15 is 0 Å². The lowest BCUT2D eigenvalue weighted by atomic mass is 10.1. The van der Waals surface area contributed by atoms with Crippen LogP contribution in [-0.4, -0.2) is 20.3 Å². The molecule has 1 unspecified atom stereocenters. The third kappa shape index (κ3) is 4.41. The first kappa shape index (κ1) is 15.7. The van der Waals surface area contributed by atoms with Crippen molar-refractivity contribution in [1.29, 1.82) is 0 Å². The van der Waals surface area contributed by atoms with Crippen LogP contribution >= 0.6 is 11.8 Å². The number of rotatable bonds is 6. The zero-order valence-electron chi connectivity index (χ0n) is 12.6. The smallest absolute Gasteiger partial charge is 0.133 e. The lowest BCUT2D eigenvalue weighted by Gasteiger charge is -2.11. The quantitative estimate of drug-likeness (QED) is 0.883. The van der Waals surface area contributed by atoms with Crippen molar-refractivity contribution in [2.24, 2.45) is 5.73 Å². The van der Waals surface area contributed by atoms with Gasteiger partial charge in [-0.25, -0.2) is 0 Å². The Hall–Kier alpha value is -1.65. The highest BCUT2D eigenvalue weighted by Gasteiger charge is 2.07. The Balaban J connectivity index is 2.17. The van der Waals surface area contributed by atoms with Gasteiger partial charge in [0.05, 0.1) is 19.1 Å². The molecule has 0 fully saturated rings. The minimum Gasteiger partial charge on any atom is -0.497 e. The molecule has 2 aromatic carbocycles. The zero-order chi connectivity index (χ0) is 15.2. The van der Waals surface area contributed by atoms with E-state index in [-0.39, 0.29) is 6.04 Å². The van der Waals surface area contributed by atoms with Crippen molar-refractivity contribution in [2.75, 3.05) is 14.2 Å². The van der Waals surface area contributed by atoms with E-state index in [0.29, 0.717) is 0 Å². The molecule has 2 N–H and O–H groups in total. The average Bonchev–Trinajstić information content (AvgIpc) is 2.48. The van der Waals surface area contributed by atoms with Gasteiger partial charge < -0.3 is 15.2 Å². The highest BCUT2D eigenvalue weighted by atomic mass is 32.2. The van der Waals surface area contributed by atoms with Crippen molar-refractivity contribution < 1.29 is 9.47 Å². The van der Waals surface area contributed by atoms with E-state index in [0.717, 1.165) is 27.7 Å². The Morgan fingerprint density at radius 1 is 1.05 bits per heavy atom. The van der Waals surface area contributed by atoms with Crippen LogP contribution in [0.1, 0.15) is 12.5 Å². The summed E-state index contributed by atoms with van der Waals surface area (Å²) < 4.78 is 10.7. The van der Waals surface area contributed by atoms with E-state index in [1.165, 1.54) is 5.56 Å². The van der Waals surface area contributed by atoms with Crippen LogP contribution in [-0.2, 0) is 6.42 Å². The summed E-state index contributed by atoms with van der Waals surface area (Å²) in [5.41, 5.74) is 7.08. The van der Waals surface area contributed by atoms with Crippen molar-refractivity contribution in [2.45, 2.75) is 29.2 Å². The van der Waals surface area contributed by atoms with Gasteiger partial charge in [-0.15, -0.1) is 0 Å². The minimum absolute atomic E-state index is 0.182. The normalized spacial score (nSPS) is 12.0. The molecule has 0 aliphatic rings. The second-order valence-electron chi connectivity index (χ2n) is 4.94. The van der Waals surface area contributed by atoms with Gasteiger partial charge in [-0.2, -0.15) is 0 Å². The van der Waals surface area contributed by atoms with Gasteiger partial charge >= 0.3 is 0 Å². The van der Waals surface area contributed by atoms with Crippen molar-refractivity contribution in [1.82, 2.24) is 0 Å². The molecule has 3 nitrogen and oxygen atoms in total. The Bertz CT molecular complexity index is 582. The van der Waals surface area contributed by atoms with Crippen LogP contribution in [0.4, 0.5) is 0 Å². The Morgan fingerprint density at radius 2 is 1.76 bits per heavy atom. The molecule has 112 valence electrons. The van der Waals surface area contributed by atoms with Crippen LogP contribution in [0.3, 0.4) is 0 Å². The Labute approximate surface area is 130 Å². The largest absolute Gasteiger partial charge is 0.497 e. The first-order valence-corrected chi connectivity index (χ1v) is 7.68. The van der Waals surface area contributed by atoms with E-state index in [1.807, 2.05) is 25.1 Å². The van der Waals surface area contributed by atoms with Gasteiger partial charge in [0.1, 0.15) is 11.5 Å². The highest BCUT2D eigenvalue weighted by Crippen LogP contribution is 2.37. The second kappa shape index (κ2) is 7.38. The maximum atomic E-state index is 5.82. The molecule has 0 aliphatic heterocycles. The fourth-order valence-corrected chi connectivity index (χ4v) is 3.01. The molecule has 0 saturated carbocycles. The molecule has 1 atom stereocenters. The molecular formula is C17H21NO2S. The summed E-state index contributed by atoms with van der Waals surface area (Å²) in [6.45, 7) is 2.02. The average molecular weight is 303 g/mol. The van der Waals surface area contributed by atoms with Crippen LogP contribution in [0, 0.1) is 0 Å². The van der Waals surface area contributed by atoms with Gasteiger partial charge in [-0.1, -0.05) is 23.9 Å². The summed E-state index contributed by atoms with van der Waals surface area (Å²) in [4.78, 5) is 2.20. The lowest BCUT2D eigenvalue weighted by Crippen LogP contribution is -2.17. The molecule has 2 rings (SSSR count).